The van der Waals surface area contributed by atoms with Gasteiger partial charge in [0.1, 0.15) is 0 Å². The quantitative estimate of drug-likeness (QED) is 0.631. The lowest BCUT2D eigenvalue weighted by Crippen LogP contribution is -2.07. The Morgan fingerprint density at radius 3 is 2.38 bits per heavy atom. The van der Waals surface area contributed by atoms with E-state index in [4.69, 9.17) is 0 Å². The minimum atomic E-state index is -0.378. The molecule has 0 saturated heterocycles. The summed E-state index contributed by atoms with van der Waals surface area (Å²) in [5.41, 5.74) is 2.77. The summed E-state index contributed by atoms with van der Waals surface area (Å²) in [7, 11) is 1.75. The van der Waals surface area contributed by atoms with Crippen LogP contribution in [0.4, 0.5) is 17.1 Å². The average Bonchev–Trinajstić information content (AvgIpc) is 2.77. The lowest BCUT2D eigenvalue weighted by molar-refractivity contribution is -0.384. The average molecular weight is 305 g/mol. The Kier molecular flexibility index (Phi) is 4.47. The first-order chi connectivity index (χ1) is 9.90. The van der Waals surface area contributed by atoms with E-state index in [1.54, 1.807) is 24.5 Å². The molecular weight excluding hydrogens is 286 g/mol. The SMILES string of the molecule is CNc1cc(NC(C)c2cc(C)sc2C)cc([N+](=O)[O-])c1. The molecule has 0 radical (unpaired) electrons. The second-order valence-corrected chi connectivity index (χ2v) is 6.47. The van der Waals surface area contributed by atoms with E-state index in [9.17, 15) is 10.1 Å². The fourth-order valence-corrected chi connectivity index (χ4v) is 3.37. The largest absolute Gasteiger partial charge is 0.388 e. The first-order valence-corrected chi connectivity index (χ1v) is 7.53. The van der Waals surface area contributed by atoms with Crippen LogP contribution in [0.5, 0.6) is 0 Å². The number of non-ortho nitro benzene ring substituents is 1. The van der Waals surface area contributed by atoms with Crippen molar-refractivity contribution < 1.29 is 4.92 Å². The molecule has 1 atom stereocenters. The van der Waals surface area contributed by atoms with Crippen molar-refractivity contribution in [2.24, 2.45) is 0 Å². The number of nitro groups is 1. The van der Waals surface area contributed by atoms with Crippen LogP contribution in [0.1, 0.15) is 28.3 Å². The predicted octanol–water partition coefficient (Wildman–Crippen LogP) is 4.49. The van der Waals surface area contributed by atoms with Crippen LogP contribution in [-0.2, 0) is 0 Å². The summed E-state index contributed by atoms with van der Waals surface area (Å²) >= 11 is 1.76. The van der Waals surface area contributed by atoms with Crippen LogP contribution in [0.2, 0.25) is 0 Å². The van der Waals surface area contributed by atoms with E-state index in [0.717, 1.165) is 11.4 Å². The van der Waals surface area contributed by atoms with Crippen LogP contribution in [0.15, 0.2) is 24.3 Å². The molecule has 0 spiro atoms. The van der Waals surface area contributed by atoms with Crippen LogP contribution in [0.25, 0.3) is 0 Å². The van der Waals surface area contributed by atoms with Gasteiger partial charge in [-0.3, -0.25) is 10.1 Å². The molecule has 0 aliphatic heterocycles. The Morgan fingerprint density at radius 2 is 1.86 bits per heavy atom. The molecule has 0 fully saturated rings. The molecule has 2 aromatic rings. The van der Waals surface area contributed by atoms with Crippen molar-refractivity contribution in [1.29, 1.82) is 0 Å². The monoisotopic (exact) mass is 305 g/mol. The predicted molar refractivity (Wildman–Crippen MR) is 88.5 cm³/mol. The molecule has 2 N–H and O–H groups in total. The van der Waals surface area contributed by atoms with Crippen molar-refractivity contribution in [3.05, 3.63) is 49.7 Å². The van der Waals surface area contributed by atoms with Crippen LogP contribution >= 0.6 is 11.3 Å². The van der Waals surface area contributed by atoms with E-state index >= 15 is 0 Å². The van der Waals surface area contributed by atoms with E-state index in [1.165, 1.54) is 21.4 Å². The minimum Gasteiger partial charge on any atom is -0.388 e. The number of nitro benzene ring substituents is 1. The molecular formula is C15H19N3O2S. The standard InChI is InChI=1S/C15H19N3O2S/c1-9-5-15(11(3)21-9)10(2)17-13-6-12(16-4)7-14(8-13)18(19)20/h5-8,10,16-17H,1-4H3. The number of hydrogen-bond acceptors (Lipinski definition) is 5. The summed E-state index contributed by atoms with van der Waals surface area (Å²) in [6.45, 7) is 6.24. The molecule has 5 nitrogen and oxygen atoms in total. The summed E-state index contributed by atoms with van der Waals surface area (Å²) in [6.07, 6.45) is 0. The lowest BCUT2D eigenvalue weighted by Gasteiger charge is -2.16. The van der Waals surface area contributed by atoms with Gasteiger partial charge in [-0.1, -0.05) is 0 Å². The number of thiophene rings is 1. The molecule has 0 amide bonds. The summed E-state index contributed by atoms with van der Waals surface area (Å²) in [6, 6.07) is 7.22. The van der Waals surface area contributed by atoms with Crippen molar-refractivity contribution in [3.8, 4) is 0 Å². The van der Waals surface area contributed by atoms with Crippen LogP contribution in [0, 0.1) is 24.0 Å². The first-order valence-electron chi connectivity index (χ1n) is 6.71. The number of nitrogens with zero attached hydrogens (tertiary/aromatic N) is 1. The van der Waals surface area contributed by atoms with Gasteiger partial charge in [-0.2, -0.15) is 0 Å². The van der Waals surface area contributed by atoms with E-state index in [1.807, 2.05) is 6.07 Å². The van der Waals surface area contributed by atoms with Gasteiger partial charge in [0.25, 0.3) is 5.69 Å². The van der Waals surface area contributed by atoms with Crippen LogP contribution < -0.4 is 10.6 Å². The van der Waals surface area contributed by atoms with Gasteiger partial charge in [-0.15, -0.1) is 11.3 Å². The molecule has 1 unspecified atom stereocenters. The second kappa shape index (κ2) is 6.13. The Hall–Kier alpha value is -2.08. The molecule has 21 heavy (non-hydrogen) atoms. The lowest BCUT2D eigenvalue weighted by atomic mass is 10.1. The normalized spacial score (nSPS) is 12.0. The third-order valence-corrected chi connectivity index (χ3v) is 4.33. The molecule has 1 aromatic carbocycles. The molecule has 112 valence electrons. The van der Waals surface area contributed by atoms with Gasteiger partial charge < -0.3 is 10.6 Å². The number of hydrogen-bond donors (Lipinski definition) is 2. The van der Waals surface area contributed by atoms with Gasteiger partial charge in [0.15, 0.2) is 0 Å². The fourth-order valence-electron chi connectivity index (χ4n) is 2.35. The molecule has 1 heterocycles. The van der Waals surface area contributed by atoms with Crippen molar-refractivity contribution in [3.63, 3.8) is 0 Å². The number of anilines is 2. The van der Waals surface area contributed by atoms with E-state index in [0.29, 0.717) is 0 Å². The van der Waals surface area contributed by atoms with E-state index in [-0.39, 0.29) is 16.7 Å². The van der Waals surface area contributed by atoms with Crippen molar-refractivity contribution in [1.82, 2.24) is 0 Å². The Bertz CT molecular complexity index is 667. The zero-order valence-corrected chi connectivity index (χ0v) is 13.4. The molecule has 0 bridgehead atoms. The smallest absolute Gasteiger partial charge is 0.273 e. The minimum absolute atomic E-state index is 0.0785. The highest BCUT2D eigenvalue weighted by atomic mass is 32.1. The van der Waals surface area contributed by atoms with Gasteiger partial charge >= 0.3 is 0 Å². The Balaban J connectivity index is 2.28. The summed E-state index contributed by atoms with van der Waals surface area (Å²) < 4.78 is 0. The van der Waals surface area contributed by atoms with Crippen molar-refractivity contribution in [2.75, 3.05) is 17.7 Å². The van der Waals surface area contributed by atoms with Crippen LogP contribution in [0.3, 0.4) is 0 Å². The summed E-state index contributed by atoms with van der Waals surface area (Å²) in [5, 5.41) is 17.3. The maximum absolute atomic E-state index is 11.0. The van der Waals surface area contributed by atoms with E-state index in [2.05, 4.69) is 37.5 Å². The Morgan fingerprint density at radius 1 is 1.19 bits per heavy atom. The summed E-state index contributed by atoms with van der Waals surface area (Å²) in [4.78, 5) is 13.1. The summed E-state index contributed by atoms with van der Waals surface area (Å²) in [5.74, 6) is 0. The third-order valence-electron chi connectivity index (χ3n) is 3.35. The highest BCUT2D eigenvalue weighted by Crippen LogP contribution is 2.31. The first kappa shape index (κ1) is 15.3. The van der Waals surface area contributed by atoms with E-state index < -0.39 is 0 Å². The van der Waals surface area contributed by atoms with Crippen molar-refractivity contribution >= 4 is 28.4 Å². The van der Waals surface area contributed by atoms with Gasteiger partial charge in [-0.05, 0) is 38.5 Å². The van der Waals surface area contributed by atoms with Gasteiger partial charge in [0.05, 0.1) is 4.92 Å². The Labute approximate surface area is 128 Å². The molecule has 6 heteroatoms. The third kappa shape index (κ3) is 3.52. The number of nitrogens with one attached hydrogen (secondary N) is 2. The van der Waals surface area contributed by atoms with Gasteiger partial charge in [0.2, 0.25) is 0 Å². The number of aryl methyl sites for hydroxylation is 2. The fraction of sp³-hybridized carbons (Fsp3) is 0.333. The second-order valence-electron chi connectivity index (χ2n) is 5.01. The molecule has 2 rings (SSSR count). The van der Waals surface area contributed by atoms with Crippen LogP contribution in [-0.4, -0.2) is 12.0 Å². The van der Waals surface area contributed by atoms with Gasteiger partial charge in [0, 0.05) is 46.4 Å². The van der Waals surface area contributed by atoms with Crippen molar-refractivity contribution in [2.45, 2.75) is 26.8 Å². The molecule has 0 aliphatic rings. The topological polar surface area (TPSA) is 67.2 Å². The number of rotatable bonds is 5. The highest BCUT2D eigenvalue weighted by Gasteiger charge is 2.14. The maximum Gasteiger partial charge on any atom is 0.273 e. The van der Waals surface area contributed by atoms with Gasteiger partial charge in [-0.25, -0.2) is 0 Å². The molecule has 0 aliphatic carbocycles. The highest BCUT2D eigenvalue weighted by molar-refractivity contribution is 7.12. The molecule has 1 aromatic heterocycles. The number of benzene rings is 1. The zero-order chi connectivity index (χ0) is 15.6. The maximum atomic E-state index is 11.0. The molecule has 0 saturated carbocycles. The zero-order valence-electron chi connectivity index (χ0n) is 12.6.